The molecule has 4 rings (SSSR count). The van der Waals surface area contributed by atoms with Crippen LogP contribution in [0.3, 0.4) is 0 Å². The number of benzene rings is 1. The van der Waals surface area contributed by atoms with Crippen LogP contribution in [0, 0.1) is 6.92 Å². The Bertz CT molecular complexity index is 1170. The van der Waals surface area contributed by atoms with E-state index in [0.717, 1.165) is 31.5 Å². The fourth-order valence-corrected chi connectivity index (χ4v) is 4.05. The van der Waals surface area contributed by atoms with Gasteiger partial charge in [-0.1, -0.05) is 18.2 Å². The van der Waals surface area contributed by atoms with Gasteiger partial charge in [-0.25, -0.2) is 0 Å². The molecule has 0 radical (unpaired) electrons. The number of aryl methyl sites for hydroxylation is 1. The second-order valence-electron chi connectivity index (χ2n) is 9.24. The van der Waals surface area contributed by atoms with Crippen molar-refractivity contribution < 1.29 is 19.0 Å². The molecule has 3 heterocycles. The predicted octanol–water partition coefficient (Wildman–Crippen LogP) is 3.94. The topological polar surface area (TPSA) is 94.4 Å². The standard InChI is InChI=1S/C24H29F2N5O2/c1-14(16-6-5-7-17(10-16)24(25,26)23(3,4)33)28-22-20-11-18(31-9-8-19(32)13-31)12-27-21(20)15(2)29-30-22/h5-7,10-12,14,19,32-33H,8-9,13H2,1-4H3,(H,28,30)/t14-,19+/m1/s1. The summed E-state index contributed by atoms with van der Waals surface area (Å²) in [5, 5.41) is 32.4. The Labute approximate surface area is 191 Å². The number of β-amino-alcohol motifs (C(OH)–C–C–N with tert-alkyl or cyclic N) is 1. The van der Waals surface area contributed by atoms with E-state index in [1.54, 1.807) is 18.3 Å². The Morgan fingerprint density at radius 3 is 2.64 bits per heavy atom. The maximum absolute atomic E-state index is 14.7. The number of nitrogens with one attached hydrogen (secondary N) is 1. The molecule has 0 spiro atoms. The summed E-state index contributed by atoms with van der Waals surface area (Å²) < 4.78 is 29.4. The summed E-state index contributed by atoms with van der Waals surface area (Å²) in [7, 11) is 0. The number of hydrogen-bond donors (Lipinski definition) is 3. The molecule has 1 saturated heterocycles. The number of halogens is 2. The van der Waals surface area contributed by atoms with Crippen LogP contribution in [0.25, 0.3) is 10.9 Å². The summed E-state index contributed by atoms with van der Waals surface area (Å²) in [5.74, 6) is -2.91. The maximum atomic E-state index is 14.7. The highest BCUT2D eigenvalue weighted by atomic mass is 19.3. The Morgan fingerprint density at radius 1 is 1.21 bits per heavy atom. The summed E-state index contributed by atoms with van der Waals surface area (Å²) in [6, 6.07) is 7.63. The third kappa shape index (κ3) is 4.47. The minimum absolute atomic E-state index is 0.252. The molecule has 1 fully saturated rings. The molecule has 9 heteroatoms. The second kappa shape index (κ2) is 8.46. The van der Waals surface area contributed by atoms with Crippen LogP contribution in [0.4, 0.5) is 20.3 Å². The molecule has 2 atom stereocenters. The molecule has 0 saturated carbocycles. The summed E-state index contributed by atoms with van der Waals surface area (Å²) in [4.78, 5) is 6.64. The number of rotatable bonds is 6. The third-order valence-electron chi connectivity index (χ3n) is 6.17. The van der Waals surface area contributed by atoms with Gasteiger partial charge < -0.3 is 20.4 Å². The highest BCUT2D eigenvalue weighted by Gasteiger charge is 2.47. The van der Waals surface area contributed by atoms with Crippen LogP contribution in [-0.2, 0) is 5.92 Å². The van der Waals surface area contributed by atoms with Gasteiger partial charge in [-0.15, -0.1) is 5.10 Å². The Morgan fingerprint density at radius 2 is 1.97 bits per heavy atom. The van der Waals surface area contributed by atoms with Gasteiger partial charge in [-0.2, -0.15) is 13.9 Å². The van der Waals surface area contributed by atoms with E-state index in [1.165, 1.54) is 12.1 Å². The predicted molar refractivity (Wildman–Crippen MR) is 124 cm³/mol. The van der Waals surface area contributed by atoms with Gasteiger partial charge in [0.1, 0.15) is 5.60 Å². The molecule has 1 aromatic carbocycles. The number of nitrogens with zero attached hydrogens (tertiary/aromatic N) is 4. The molecule has 0 bridgehead atoms. The largest absolute Gasteiger partial charge is 0.391 e. The monoisotopic (exact) mass is 457 g/mol. The molecule has 176 valence electrons. The average Bonchev–Trinajstić information content (AvgIpc) is 3.21. The Hall–Kier alpha value is -2.91. The molecule has 1 aliphatic rings. The minimum Gasteiger partial charge on any atom is -0.391 e. The van der Waals surface area contributed by atoms with E-state index in [2.05, 4.69) is 25.4 Å². The molecule has 3 N–H and O–H groups in total. The van der Waals surface area contributed by atoms with Gasteiger partial charge in [0.2, 0.25) is 0 Å². The van der Waals surface area contributed by atoms with Gasteiger partial charge in [0, 0.05) is 24.0 Å². The lowest BCUT2D eigenvalue weighted by molar-refractivity contribution is -0.168. The second-order valence-corrected chi connectivity index (χ2v) is 9.24. The summed E-state index contributed by atoms with van der Waals surface area (Å²) in [6.45, 7) is 7.16. The number of fused-ring (bicyclic) bond motifs is 1. The normalized spacial score (nSPS) is 18.1. The highest BCUT2D eigenvalue weighted by molar-refractivity contribution is 5.92. The number of alkyl halides is 2. The number of anilines is 2. The van der Waals surface area contributed by atoms with E-state index in [0.29, 0.717) is 35.6 Å². The van der Waals surface area contributed by atoms with Crippen molar-refractivity contribution >= 4 is 22.4 Å². The molecule has 2 aromatic heterocycles. The van der Waals surface area contributed by atoms with Crippen molar-refractivity contribution in [3.8, 4) is 0 Å². The van der Waals surface area contributed by atoms with E-state index in [1.807, 2.05) is 19.9 Å². The van der Waals surface area contributed by atoms with Crippen molar-refractivity contribution in [1.82, 2.24) is 15.2 Å². The lowest BCUT2D eigenvalue weighted by Crippen LogP contribution is -2.40. The number of aliphatic hydroxyl groups excluding tert-OH is 1. The number of hydrogen-bond acceptors (Lipinski definition) is 7. The Balaban J connectivity index is 1.66. The first-order valence-electron chi connectivity index (χ1n) is 11.0. The van der Waals surface area contributed by atoms with Crippen molar-refractivity contribution in [3.05, 3.63) is 53.3 Å². The molecule has 1 aliphatic heterocycles. The maximum Gasteiger partial charge on any atom is 0.300 e. The quantitative estimate of drug-likeness (QED) is 0.516. The first-order chi connectivity index (χ1) is 15.5. The first kappa shape index (κ1) is 23.3. The molecule has 0 unspecified atom stereocenters. The van der Waals surface area contributed by atoms with Gasteiger partial charge in [-0.05, 0) is 51.8 Å². The fraction of sp³-hybridized carbons (Fsp3) is 0.458. The van der Waals surface area contributed by atoms with E-state index in [-0.39, 0.29) is 17.7 Å². The van der Waals surface area contributed by atoms with Crippen molar-refractivity contribution in [2.45, 2.75) is 57.8 Å². The lowest BCUT2D eigenvalue weighted by atomic mass is 9.91. The number of aromatic nitrogens is 3. The fourth-order valence-electron chi connectivity index (χ4n) is 4.05. The molecular formula is C24H29F2N5O2. The zero-order valence-electron chi connectivity index (χ0n) is 19.2. The molecule has 33 heavy (non-hydrogen) atoms. The van der Waals surface area contributed by atoms with E-state index in [4.69, 9.17) is 0 Å². The van der Waals surface area contributed by atoms with E-state index in [9.17, 15) is 19.0 Å². The van der Waals surface area contributed by atoms with Crippen LogP contribution >= 0.6 is 0 Å². The minimum atomic E-state index is -3.40. The van der Waals surface area contributed by atoms with Crippen molar-refractivity contribution in [1.29, 1.82) is 0 Å². The summed E-state index contributed by atoms with van der Waals surface area (Å²) in [6.07, 6.45) is 2.12. The average molecular weight is 458 g/mol. The van der Waals surface area contributed by atoms with Gasteiger partial charge in [0.05, 0.1) is 35.2 Å². The molecule has 0 amide bonds. The van der Waals surface area contributed by atoms with Gasteiger partial charge in [-0.3, -0.25) is 4.98 Å². The molecule has 0 aliphatic carbocycles. The zero-order chi connectivity index (χ0) is 24.0. The van der Waals surface area contributed by atoms with Crippen LogP contribution in [0.15, 0.2) is 36.5 Å². The first-order valence-corrected chi connectivity index (χ1v) is 11.0. The van der Waals surface area contributed by atoms with Crippen LogP contribution in [0.2, 0.25) is 0 Å². The van der Waals surface area contributed by atoms with Crippen LogP contribution < -0.4 is 10.2 Å². The number of aliphatic hydroxyl groups is 2. The Kier molecular flexibility index (Phi) is 5.96. The van der Waals surface area contributed by atoms with E-state index < -0.39 is 11.5 Å². The van der Waals surface area contributed by atoms with Gasteiger partial charge >= 0.3 is 5.92 Å². The summed E-state index contributed by atoms with van der Waals surface area (Å²) >= 11 is 0. The van der Waals surface area contributed by atoms with Crippen molar-refractivity contribution in [2.75, 3.05) is 23.3 Å². The lowest BCUT2D eigenvalue weighted by Gasteiger charge is -2.30. The van der Waals surface area contributed by atoms with Gasteiger partial charge in [0.25, 0.3) is 0 Å². The third-order valence-corrected chi connectivity index (χ3v) is 6.17. The van der Waals surface area contributed by atoms with Crippen LogP contribution in [0.1, 0.15) is 50.1 Å². The van der Waals surface area contributed by atoms with Crippen LogP contribution in [-0.4, -0.2) is 50.2 Å². The molecular weight excluding hydrogens is 428 g/mol. The number of pyridine rings is 1. The highest BCUT2D eigenvalue weighted by Crippen LogP contribution is 2.39. The summed E-state index contributed by atoms with van der Waals surface area (Å²) in [5.41, 5.74) is 0.449. The SMILES string of the molecule is Cc1nnc(N[C@H](C)c2cccc(C(F)(F)C(C)(C)O)c2)c2cc(N3CC[C@H](O)C3)cnc12. The van der Waals surface area contributed by atoms with Crippen molar-refractivity contribution in [2.24, 2.45) is 0 Å². The van der Waals surface area contributed by atoms with E-state index >= 15 is 0 Å². The smallest absolute Gasteiger partial charge is 0.300 e. The molecule has 7 nitrogen and oxygen atoms in total. The van der Waals surface area contributed by atoms with Crippen molar-refractivity contribution in [3.63, 3.8) is 0 Å². The van der Waals surface area contributed by atoms with Gasteiger partial charge in [0.15, 0.2) is 5.82 Å². The zero-order valence-corrected chi connectivity index (χ0v) is 19.2. The van der Waals surface area contributed by atoms with Crippen LogP contribution in [0.5, 0.6) is 0 Å². The molecule has 3 aromatic rings.